The summed E-state index contributed by atoms with van der Waals surface area (Å²) in [7, 11) is 0. The Hall–Kier alpha value is -1.55. The highest BCUT2D eigenvalue weighted by atomic mass is 16.6. The summed E-state index contributed by atoms with van der Waals surface area (Å²) in [6.45, 7) is 11.1. The van der Waals surface area contributed by atoms with Gasteiger partial charge in [0.2, 0.25) is 0 Å². The SMILES string of the molecule is Cc1ccc(C)c([C@@H]2CCN(C(=O)OC(C)(C)C)C[C@H]2N)c1. The van der Waals surface area contributed by atoms with Crippen molar-refractivity contribution in [3.8, 4) is 0 Å². The van der Waals surface area contributed by atoms with E-state index < -0.39 is 5.60 Å². The fourth-order valence-corrected chi connectivity index (χ4v) is 3.02. The second-order valence-electron chi connectivity index (χ2n) is 7.35. The minimum atomic E-state index is -0.467. The number of nitrogens with zero attached hydrogens (tertiary/aromatic N) is 1. The molecular weight excluding hydrogens is 276 g/mol. The Labute approximate surface area is 133 Å². The largest absolute Gasteiger partial charge is 0.444 e. The third-order valence-corrected chi connectivity index (χ3v) is 4.14. The third kappa shape index (κ3) is 4.01. The number of nitrogens with two attached hydrogens (primary N) is 1. The van der Waals surface area contributed by atoms with Gasteiger partial charge in [0.05, 0.1) is 0 Å². The standard InChI is InChI=1S/C18H28N2O2/c1-12-6-7-13(2)15(10-12)14-8-9-20(11-16(14)19)17(21)22-18(3,4)5/h6-7,10,14,16H,8-9,11,19H2,1-5H3/t14-,16+/m0/s1. The number of piperidine rings is 1. The van der Waals surface area contributed by atoms with Gasteiger partial charge in [-0.2, -0.15) is 0 Å². The maximum absolute atomic E-state index is 12.2. The number of rotatable bonds is 1. The van der Waals surface area contributed by atoms with E-state index >= 15 is 0 Å². The molecule has 122 valence electrons. The molecule has 1 aromatic carbocycles. The molecule has 0 bridgehead atoms. The molecule has 0 aromatic heterocycles. The number of benzene rings is 1. The topological polar surface area (TPSA) is 55.6 Å². The van der Waals surface area contributed by atoms with Gasteiger partial charge in [-0.05, 0) is 52.2 Å². The van der Waals surface area contributed by atoms with Crippen LogP contribution in [-0.4, -0.2) is 35.7 Å². The van der Waals surface area contributed by atoms with E-state index in [0.717, 1.165) is 6.42 Å². The van der Waals surface area contributed by atoms with Crippen molar-refractivity contribution >= 4 is 6.09 Å². The molecule has 1 heterocycles. The molecule has 2 N–H and O–H groups in total. The smallest absolute Gasteiger partial charge is 0.410 e. The second-order valence-corrected chi connectivity index (χ2v) is 7.35. The van der Waals surface area contributed by atoms with E-state index in [4.69, 9.17) is 10.5 Å². The van der Waals surface area contributed by atoms with Crippen LogP contribution in [0.25, 0.3) is 0 Å². The van der Waals surface area contributed by atoms with Gasteiger partial charge in [0.15, 0.2) is 0 Å². The second kappa shape index (κ2) is 6.29. The molecule has 1 amide bonds. The molecular formula is C18H28N2O2. The van der Waals surface area contributed by atoms with E-state index in [1.54, 1.807) is 4.90 Å². The molecule has 0 spiro atoms. The van der Waals surface area contributed by atoms with Crippen molar-refractivity contribution in [2.45, 2.75) is 58.6 Å². The van der Waals surface area contributed by atoms with Crippen LogP contribution >= 0.6 is 0 Å². The summed E-state index contributed by atoms with van der Waals surface area (Å²) < 4.78 is 5.44. The van der Waals surface area contributed by atoms with E-state index in [9.17, 15) is 4.79 Å². The summed E-state index contributed by atoms with van der Waals surface area (Å²) in [5, 5.41) is 0. The van der Waals surface area contributed by atoms with E-state index in [-0.39, 0.29) is 12.1 Å². The van der Waals surface area contributed by atoms with Gasteiger partial charge in [-0.15, -0.1) is 0 Å². The van der Waals surface area contributed by atoms with Gasteiger partial charge in [0, 0.05) is 25.0 Å². The van der Waals surface area contributed by atoms with Crippen LogP contribution in [0.2, 0.25) is 0 Å². The van der Waals surface area contributed by atoms with Crippen molar-refractivity contribution in [1.82, 2.24) is 4.90 Å². The van der Waals surface area contributed by atoms with Crippen molar-refractivity contribution in [2.75, 3.05) is 13.1 Å². The van der Waals surface area contributed by atoms with Crippen LogP contribution in [0.1, 0.15) is 49.8 Å². The number of amides is 1. The van der Waals surface area contributed by atoms with Crippen LogP contribution in [-0.2, 0) is 4.74 Å². The highest BCUT2D eigenvalue weighted by molar-refractivity contribution is 5.68. The first-order chi connectivity index (χ1) is 10.2. The molecule has 2 atom stereocenters. The number of carbonyl (C=O) groups excluding carboxylic acids is 1. The Morgan fingerprint density at radius 1 is 1.32 bits per heavy atom. The number of ether oxygens (including phenoxy) is 1. The average Bonchev–Trinajstić information content (AvgIpc) is 2.40. The Balaban J connectivity index is 2.07. The maximum atomic E-state index is 12.2. The number of hydrogen-bond acceptors (Lipinski definition) is 3. The summed E-state index contributed by atoms with van der Waals surface area (Å²) in [4.78, 5) is 13.9. The normalized spacial score (nSPS) is 22.5. The van der Waals surface area contributed by atoms with E-state index in [1.807, 2.05) is 20.8 Å². The fraction of sp³-hybridized carbons (Fsp3) is 0.611. The van der Waals surface area contributed by atoms with Gasteiger partial charge in [-0.3, -0.25) is 0 Å². The minimum Gasteiger partial charge on any atom is -0.444 e. The predicted molar refractivity (Wildman–Crippen MR) is 89.1 cm³/mol. The average molecular weight is 304 g/mol. The van der Waals surface area contributed by atoms with Gasteiger partial charge >= 0.3 is 6.09 Å². The first-order valence-electron chi connectivity index (χ1n) is 7.98. The number of carbonyl (C=O) groups is 1. The molecule has 1 saturated heterocycles. The molecule has 2 rings (SSSR count). The van der Waals surface area contributed by atoms with Crippen LogP contribution < -0.4 is 5.73 Å². The van der Waals surface area contributed by atoms with Crippen LogP contribution in [0.3, 0.4) is 0 Å². The Morgan fingerprint density at radius 2 is 2.00 bits per heavy atom. The van der Waals surface area contributed by atoms with Gasteiger partial charge in [-0.25, -0.2) is 4.79 Å². The van der Waals surface area contributed by atoms with Crippen LogP contribution in [0.4, 0.5) is 4.79 Å². The Bertz CT molecular complexity index is 549. The van der Waals surface area contributed by atoms with E-state index in [0.29, 0.717) is 19.0 Å². The molecule has 0 radical (unpaired) electrons. The molecule has 1 aliphatic rings. The molecule has 1 aromatic rings. The van der Waals surface area contributed by atoms with Crippen molar-refractivity contribution < 1.29 is 9.53 Å². The van der Waals surface area contributed by atoms with E-state index in [2.05, 4.69) is 32.0 Å². The first-order valence-corrected chi connectivity index (χ1v) is 7.98. The van der Waals surface area contributed by atoms with Crippen molar-refractivity contribution in [1.29, 1.82) is 0 Å². The first kappa shape index (κ1) is 16.8. The van der Waals surface area contributed by atoms with Gasteiger partial charge in [-0.1, -0.05) is 23.8 Å². The Morgan fingerprint density at radius 3 is 2.59 bits per heavy atom. The fourth-order valence-electron chi connectivity index (χ4n) is 3.02. The van der Waals surface area contributed by atoms with Crippen molar-refractivity contribution in [3.63, 3.8) is 0 Å². The molecule has 22 heavy (non-hydrogen) atoms. The summed E-state index contributed by atoms with van der Waals surface area (Å²) in [5.74, 6) is 0.304. The molecule has 1 fully saturated rings. The molecule has 4 nitrogen and oxygen atoms in total. The van der Waals surface area contributed by atoms with Gasteiger partial charge in [0.25, 0.3) is 0 Å². The summed E-state index contributed by atoms with van der Waals surface area (Å²) >= 11 is 0. The summed E-state index contributed by atoms with van der Waals surface area (Å²) in [5.41, 5.74) is 9.75. The molecule has 0 saturated carbocycles. The van der Waals surface area contributed by atoms with Gasteiger partial charge in [0.1, 0.15) is 5.60 Å². The van der Waals surface area contributed by atoms with Crippen LogP contribution in [0.5, 0.6) is 0 Å². The lowest BCUT2D eigenvalue weighted by Crippen LogP contribution is -2.50. The zero-order valence-electron chi connectivity index (χ0n) is 14.3. The monoisotopic (exact) mass is 304 g/mol. The van der Waals surface area contributed by atoms with Crippen LogP contribution in [0, 0.1) is 13.8 Å². The molecule has 0 unspecified atom stereocenters. The summed E-state index contributed by atoms with van der Waals surface area (Å²) in [6, 6.07) is 6.45. The molecule has 4 heteroatoms. The van der Waals surface area contributed by atoms with Gasteiger partial charge < -0.3 is 15.4 Å². The van der Waals surface area contributed by atoms with Crippen LogP contribution in [0.15, 0.2) is 18.2 Å². The zero-order chi connectivity index (χ0) is 16.5. The highest BCUT2D eigenvalue weighted by Crippen LogP contribution is 2.30. The number of likely N-dealkylation sites (tertiary alicyclic amines) is 1. The van der Waals surface area contributed by atoms with Crippen molar-refractivity contribution in [2.24, 2.45) is 5.73 Å². The lowest BCUT2D eigenvalue weighted by Gasteiger charge is -2.38. The van der Waals surface area contributed by atoms with Crippen molar-refractivity contribution in [3.05, 3.63) is 34.9 Å². The quantitative estimate of drug-likeness (QED) is 0.865. The number of hydrogen-bond donors (Lipinski definition) is 1. The molecule has 0 aliphatic carbocycles. The lowest BCUT2D eigenvalue weighted by molar-refractivity contribution is 0.0186. The maximum Gasteiger partial charge on any atom is 0.410 e. The highest BCUT2D eigenvalue weighted by Gasteiger charge is 2.32. The zero-order valence-corrected chi connectivity index (χ0v) is 14.3. The minimum absolute atomic E-state index is 0.0539. The Kier molecular flexibility index (Phi) is 4.81. The molecule has 1 aliphatic heterocycles. The van der Waals surface area contributed by atoms with E-state index in [1.165, 1.54) is 16.7 Å². The summed E-state index contributed by atoms with van der Waals surface area (Å²) in [6.07, 6.45) is 0.618. The lowest BCUT2D eigenvalue weighted by atomic mass is 9.83. The third-order valence-electron chi connectivity index (χ3n) is 4.14. The predicted octanol–water partition coefficient (Wildman–Crippen LogP) is 3.36. The number of aryl methyl sites for hydroxylation is 2.